The second-order valence-corrected chi connectivity index (χ2v) is 16.9. The Kier molecular flexibility index (Phi) is 14.1. The zero-order chi connectivity index (χ0) is 49.1. The van der Waals surface area contributed by atoms with E-state index in [0.29, 0.717) is 89.6 Å². The Labute approximate surface area is 402 Å². The smallest absolute Gasteiger partial charge is 0.262 e. The van der Waals surface area contributed by atoms with Crippen LogP contribution in [0.15, 0.2) is 152 Å². The fourth-order valence-corrected chi connectivity index (χ4v) is 8.29. The third-order valence-corrected chi connectivity index (χ3v) is 11.8. The molecule has 4 aromatic heterocycles. The van der Waals surface area contributed by atoms with E-state index in [0.717, 1.165) is 11.1 Å². The molecule has 1 fully saturated rings. The molecule has 348 valence electrons. The second-order valence-electron chi connectivity index (χ2n) is 16.1. The van der Waals surface area contributed by atoms with Crippen LogP contribution in [0.4, 0.5) is 22.7 Å². The molecule has 0 saturated carbocycles. The lowest BCUT2D eigenvalue weighted by atomic mass is 9.99. The van der Waals surface area contributed by atoms with Crippen LogP contribution >= 0.6 is 23.2 Å². The molecule has 18 heteroatoms. The number of pyridine rings is 4. The van der Waals surface area contributed by atoms with Gasteiger partial charge in [-0.3, -0.25) is 34.0 Å². The summed E-state index contributed by atoms with van der Waals surface area (Å²) in [6, 6.07) is 23.5. The largest absolute Gasteiger partial charge is 0.481 e. The van der Waals surface area contributed by atoms with Gasteiger partial charge in [-0.1, -0.05) is 47.5 Å². The fourth-order valence-electron chi connectivity index (χ4n) is 8.04. The number of methoxy groups -OCH3 is 2. The SMILES string of the molecule is COc1ccc(N=C(C)C2=C(N)C(c3ccc(Cl)cc3)N(c3cc(C)c(=O)n(C)c3)C2=O)cn1.COc1ccc(N=C2C(=C(C)N)C(=O)N(c3cc(C)c(=O)n(C)c3)C2c2ccc(Cl)cc2)cn1. The Morgan fingerprint density at radius 1 is 0.662 bits per heavy atom. The summed E-state index contributed by atoms with van der Waals surface area (Å²) >= 11 is 12.2. The maximum absolute atomic E-state index is 13.8. The number of hydrogen-bond donors (Lipinski definition) is 2. The van der Waals surface area contributed by atoms with Crippen LogP contribution in [0.2, 0.25) is 10.0 Å². The van der Waals surface area contributed by atoms with Crippen LogP contribution < -0.4 is 41.9 Å². The number of nitrogens with two attached hydrogens (primary N) is 2. The van der Waals surface area contributed by atoms with Crippen molar-refractivity contribution in [2.24, 2.45) is 35.5 Å². The summed E-state index contributed by atoms with van der Waals surface area (Å²) in [6.07, 6.45) is 6.39. The summed E-state index contributed by atoms with van der Waals surface area (Å²) in [6.45, 7) is 6.83. The van der Waals surface area contributed by atoms with Gasteiger partial charge in [0.05, 0.1) is 77.6 Å². The molecule has 2 amide bonds. The number of rotatable bonds is 9. The van der Waals surface area contributed by atoms with E-state index in [1.54, 1.807) is 137 Å². The second kappa shape index (κ2) is 20.0. The van der Waals surface area contributed by atoms with Gasteiger partial charge in [-0.2, -0.15) is 0 Å². The molecule has 2 aromatic carbocycles. The lowest BCUT2D eigenvalue weighted by Crippen LogP contribution is -2.33. The minimum absolute atomic E-state index is 0.135. The molecule has 2 aliphatic rings. The third kappa shape index (κ3) is 9.68. The molecule has 68 heavy (non-hydrogen) atoms. The average molecular weight is 956 g/mol. The first kappa shape index (κ1) is 48.1. The molecule has 0 spiro atoms. The molecule has 0 aliphatic carbocycles. The standard InChI is InChI=1S/2C25H24ClN5O3/c1-14-11-19(13-30(3)24(14)32)31-23(16-5-7-17(26)8-6-16)22(27)21(25(31)33)15(2)29-18-9-10-20(34-4)28-12-18;1-14-11-19(13-30(3)24(14)32)31-23(16-5-7-17(26)8-6-16)22(21(15(2)27)25(31)33)29-18-9-10-20(34-4)28-12-18/h2*5-13,23H,27H2,1-4H3. The van der Waals surface area contributed by atoms with Gasteiger partial charge < -0.3 is 30.1 Å². The fraction of sp³-hybridized carbons (Fsp3) is 0.200. The number of aryl methyl sites for hydroxylation is 4. The maximum Gasteiger partial charge on any atom is 0.262 e. The highest BCUT2D eigenvalue weighted by Crippen LogP contribution is 2.42. The molecular formula is C50H48Cl2N10O6. The van der Waals surface area contributed by atoms with Crippen molar-refractivity contribution in [1.29, 1.82) is 0 Å². The lowest BCUT2D eigenvalue weighted by Gasteiger charge is -2.27. The van der Waals surface area contributed by atoms with Gasteiger partial charge in [0.25, 0.3) is 22.9 Å². The molecular weight excluding hydrogens is 908 g/mol. The number of anilines is 2. The van der Waals surface area contributed by atoms with Crippen molar-refractivity contribution in [3.63, 3.8) is 0 Å². The number of benzene rings is 2. The van der Waals surface area contributed by atoms with E-state index in [2.05, 4.69) is 15.0 Å². The Bertz CT molecular complexity index is 3120. The number of hydrogen-bond acceptors (Lipinski definition) is 12. The highest BCUT2D eigenvalue weighted by atomic mass is 35.5. The van der Waals surface area contributed by atoms with Gasteiger partial charge in [0.1, 0.15) is 12.1 Å². The lowest BCUT2D eigenvalue weighted by molar-refractivity contribution is -0.115. The predicted molar refractivity (Wildman–Crippen MR) is 266 cm³/mol. The van der Waals surface area contributed by atoms with Crippen LogP contribution in [0.1, 0.15) is 48.2 Å². The van der Waals surface area contributed by atoms with Crippen molar-refractivity contribution in [3.05, 3.63) is 185 Å². The summed E-state index contributed by atoms with van der Waals surface area (Å²) in [5.41, 5.74) is 19.6. The first-order valence-electron chi connectivity index (χ1n) is 21.1. The van der Waals surface area contributed by atoms with Crippen LogP contribution in [-0.2, 0) is 23.7 Å². The zero-order valence-corrected chi connectivity index (χ0v) is 40.0. The van der Waals surface area contributed by atoms with Gasteiger partial charge in [0.15, 0.2) is 0 Å². The summed E-state index contributed by atoms with van der Waals surface area (Å²) < 4.78 is 13.1. The van der Waals surface area contributed by atoms with E-state index in [1.165, 1.54) is 23.4 Å². The van der Waals surface area contributed by atoms with Crippen molar-refractivity contribution in [3.8, 4) is 11.8 Å². The van der Waals surface area contributed by atoms with Crippen LogP contribution in [0, 0.1) is 13.8 Å². The Balaban J connectivity index is 0.000000201. The first-order chi connectivity index (χ1) is 32.4. The Morgan fingerprint density at radius 2 is 1.12 bits per heavy atom. The van der Waals surface area contributed by atoms with E-state index in [9.17, 15) is 19.2 Å². The molecule has 2 atom stereocenters. The summed E-state index contributed by atoms with van der Waals surface area (Å²) in [5.74, 6) is 0.302. The average Bonchev–Trinajstić information content (AvgIpc) is 3.76. The van der Waals surface area contributed by atoms with E-state index in [1.807, 2.05) is 24.3 Å². The van der Waals surface area contributed by atoms with Gasteiger partial charge in [0.2, 0.25) is 11.8 Å². The topological polar surface area (TPSA) is 206 Å². The third-order valence-electron chi connectivity index (χ3n) is 11.3. The molecule has 2 unspecified atom stereocenters. The number of amides is 2. The number of carbonyl (C=O) groups is 2. The predicted octanol–water partition coefficient (Wildman–Crippen LogP) is 7.69. The van der Waals surface area contributed by atoms with Crippen LogP contribution in [-0.4, -0.2) is 56.6 Å². The number of ether oxygens (including phenoxy) is 2. The summed E-state index contributed by atoms with van der Waals surface area (Å²) in [5, 5.41) is 1.14. The van der Waals surface area contributed by atoms with Crippen molar-refractivity contribution >= 4 is 69.2 Å². The van der Waals surface area contributed by atoms with E-state index in [-0.39, 0.29) is 22.9 Å². The number of aliphatic imine (C=N–C) groups is 2. The Morgan fingerprint density at radius 3 is 1.54 bits per heavy atom. The molecule has 2 aliphatic heterocycles. The van der Waals surface area contributed by atoms with Crippen molar-refractivity contribution < 1.29 is 19.1 Å². The molecule has 6 aromatic rings. The quantitative estimate of drug-likeness (QED) is 0.107. The van der Waals surface area contributed by atoms with E-state index in [4.69, 9.17) is 49.1 Å². The van der Waals surface area contributed by atoms with E-state index < -0.39 is 12.1 Å². The van der Waals surface area contributed by atoms with Gasteiger partial charge in [-0.05, 0) is 87.4 Å². The van der Waals surface area contributed by atoms with Gasteiger partial charge in [-0.25, -0.2) is 15.0 Å². The molecule has 0 radical (unpaired) electrons. The zero-order valence-electron chi connectivity index (χ0n) is 38.5. The highest BCUT2D eigenvalue weighted by molar-refractivity contribution is 6.36. The summed E-state index contributed by atoms with van der Waals surface area (Å²) in [4.78, 5) is 73.1. The first-order valence-corrected chi connectivity index (χ1v) is 21.8. The Hall–Kier alpha value is -7.82. The molecule has 4 N–H and O–H groups in total. The molecule has 8 rings (SSSR count). The minimum atomic E-state index is -0.600. The maximum atomic E-state index is 13.8. The normalized spacial score (nSPS) is 17.4. The van der Waals surface area contributed by atoms with Crippen molar-refractivity contribution in [2.45, 2.75) is 39.8 Å². The van der Waals surface area contributed by atoms with Crippen molar-refractivity contribution in [1.82, 2.24) is 19.1 Å². The monoisotopic (exact) mass is 954 g/mol. The minimum Gasteiger partial charge on any atom is -0.481 e. The number of aromatic nitrogens is 4. The summed E-state index contributed by atoms with van der Waals surface area (Å²) in [7, 11) is 6.37. The van der Waals surface area contributed by atoms with Gasteiger partial charge in [0, 0.05) is 65.5 Å². The van der Waals surface area contributed by atoms with Crippen LogP contribution in [0.5, 0.6) is 11.8 Å². The van der Waals surface area contributed by atoms with Crippen LogP contribution in [0.25, 0.3) is 0 Å². The van der Waals surface area contributed by atoms with Gasteiger partial charge in [-0.15, -0.1) is 0 Å². The number of carbonyl (C=O) groups excluding carboxylic acids is 2. The molecule has 6 heterocycles. The number of halogens is 2. The number of nitrogens with zero attached hydrogens (tertiary/aromatic N) is 8. The van der Waals surface area contributed by atoms with Gasteiger partial charge >= 0.3 is 0 Å². The molecule has 1 saturated heterocycles. The molecule has 0 bridgehead atoms. The highest BCUT2D eigenvalue weighted by Gasteiger charge is 2.45. The molecule has 16 nitrogen and oxygen atoms in total. The van der Waals surface area contributed by atoms with Crippen LogP contribution in [0.3, 0.4) is 0 Å². The van der Waals surface area contributed by atoms with Crippen molar-refractivity contribution in [2.75, 3.05) is 24.0 Å². The van der Waals surface area contributed by atoms with E-state index >= 15 is 0 Å². The number of allylic oxidation sites excluding steroid dienone is 1.